The van der Waals surface area contributed by atoms with Crippen molar-refractivity contribution in [2.75, 3.05) is 26.2 Å². The first-order chi connectivity index (χ1) is 5.36. The molecular formula is C8H18Cl2N2O. The van der Waals surface area contributed by atoms with E-state index < -0.39 is 0 Å². The Bertz CT molecular complexity index is 136. The Labute approximate surface area is 91.7 Å². The molecule has 0 aliphatic carbocycles. The van der Waals surface area contributed by atoms with Crippen molar-refractivity contribution < 1.29 is 5.11 Å². The predicted molar refractivity (Wildman–Crippen MR) is 58.0 cm³/mol. The van der Waals surface area contributed by atoms with Crippen molar-refractivity contribution in [3.63, 3.8) is 0 Å². The maximum atomic E-state index is 9.26. The van der Waals surface area contributed by atoms with Gasteiger partial charge in [-0.2, -0.15) is 0 Å². The molecule has 0 aromatic heterocycles. The standard InChI is InChI=1S/C8H16N2O.2ClH/c11-8-1-3-10(4-2-8)7-5-9-6-7;;/h7-9,11H,1-6H2;2*1H. The molecule has 3 nitrogen and oxygen atoms in total. The van der Waals surface area contributed by atoms with Crippen LogP contribution in [0.1, 0.15) is 12.8 Å². The first-order valence-electron chi connectivity index (χ1n) is 4.49. The summed E-state index contributed by atoms with van der Waals surface area (Å²) in [5.41, 5.74) is 0. The van der Waals surface area contributed by atoms with Gasteiger partial charge in [0, 0.05) is 32.2 Å². The minimum absolute atomic E-state index is 0. The lowest BCUT2D eigenvalue weighted by atomic mass is 10.0. The lowest BCUT2D eigenvalue weighted by molar-refractivity contribution is 0.0463. The molecular weight excluding hydrogens is 211 g/mol. The molecule has 80 valence electrons. The van der Waals surface area contributed by atoms with Crippen molar-refractivity contribution in [1.29, 1.82) is 0 Å². The van der Waals surface area contributed by atoms with Gasteiger partial charge in [0.15, 0.2) is 0 Å². The highest BCUT2D eigenvalue weighted by atomic mass is 35.5. The van der Waals surface area contributed by atoms with E-state index in [2.05, 4.69) is 10.2 Å². The second-order valence-electron chi connectivity index (χ2n) is 3.58. The molecule has 2 aliphatic rings. The summed E-state index contributed by atoms with van der Waals surface area (Å²) in [6.45, 7) is 4.48. The number of hydrogen-bond acceptors (Lipinski definition) is 3. The molecule has 5 heteroatoms. The van der Waals surface area contributed by atoms with Gasteiger partial charge in [-0.3, -0.25) is 4.90 Å². The number of rotatable bonds is 1. The maximum absolute atomic E-state index is 9.26. The summed E-state index contributed by atoms with van der Waals surface area (Å²) >= 11 is 0. The number of aliphatic hydroxyl groups excluding tert-OH is 1. The number of likely N-dealkylation sites (tertiary alicyclic amines) is 1. The molecule has 0 unspecified atom stereocenters. The molecule has 0 bridgehead atoms. The average molecular weight is 229 g/mol. The van der Waals surface area contributed by atoms with Crippen molar-refractivity contribution in [1.82, 2.24) is 10.2 Å². The van der Waals surface area contributed by atoms with E-state index in [0.29, 0.717) is 0 Å². The Kier molecular flexibility index (Phi) is 6.25. The summed E-state index contributed by atoms with van der Waals surface area (Å²) in [6, 6.07) is 0.766. The number of nitrogens with one attached hydrogen (secondary N) is 1. The molecule has 2 saturated heterocycles. The van der Waals surface area contributed by atoms with Gasteiger partial charge in [-0.25, -0.2) is 0 Å². The van der Waals surface area contributed by atoms with Crippen molar-refractivity contribution in [3.05, 3.63) is 0 Å². The van der Waals surface area contributed by atoms with Gasteiger partial charge in [-0.05, 0) is 12.8 Å². The Hall–Kier alpha value is 0.460. The lowest BCUT2D eigenvalue weighted by Crippen LogP contribution is -2.59. The number of piperidine rings is 1. The normalized spacial score (nSPS) is 25.6. The van der Waals surface area contributed by atoms with Crippen LogP contribution in [0, 0.1) is 0 Å². The summed E-state index contributed by atoms with van der Waals surface area (Å²) in [7, 11) is 0. The Morgan fingerprint density at radius 3 is 2.00 bits per heavy atom. The zero-order chi connectivity index (χ0) is 7.68. The van der Waals surface area contributed by atoms with Gasteiger partial charge < -0.3 is 10.4 Å². The minimum Gasteiger partial charge on any atom is -0.393 e. The van der Waals surface area contributed by atoms with Crippen LogP contribution in [0.2, 0.25) is 0 Å². The molecule has 2 rings (SSSR count). The van der Waals surface area contributed by atoms with Gasteiger partial charge in [0.2, 0.25) is 0 Å². The summed E-state index contributed by atoms with van der Waals surface area (Å²) in [5, 5.41) is 12.5. The summed E-state index contributed by atoms with van der Waals surface area (Å²) in [4.78, 5) is 2.49. The molecule has 0 spiro atoms. The fourth-order valence-corrected chi connectivity index (χ4v) is 1.78. The fraction of sp³-hybridized carbons (Fsp3) is 1.00. The molecule has 2 aliphatic heterocycles. The highest BCUT2D eigenvalue weighted by Gasteiger charge is 2.27. The molecule has 0 radical (unpaired) electrons. The smallest absolute Gasteiger partial charge is 0.0564 e. The van der Waals surface area contributed by atoms with Gasteiger partial charge in [0.05, 0.1) is 6.10 Å². The Morgan fingerprint density at radius 2 is 1.62 bits per heavy atom. The average Bonchev–Trinajstić information content (AvgIpc) is 1.90. The Balaban J connectivity index is 0.000000720. The zero-order valence-electron chi connectivity index (χ0n) is 7.61. The zero-order valence-corrected chi connectivity index (χ0v) is 9.24. The number of nitrogens with zero attached hydrogens (tertiary/aromatic N) is 1. The highest BCUT2D eigenvalue weighted by Crippen LogP contribution is 2.14. The van der Waals surface area contributed by atoms with E-state index in [9.17, 15) is 5.11 Å². The largest absolute Gasteiger partial charge is 0.393 e. The second-order valence-corrected chi connectivity index (χ2v) is 3.58. The SMILES string of the molecule is Cl.Cl.OC1CCN(C2CNC2)CC1. The topological polar surface area (TPSA) is 35.5 Å². The predicted octanol–water partition coefficient (Wildman–Crippen LogP) is 0.259. The highest BCUT2D eigenvalue weighted by molar-refractivity contribution is 5.85. The van der Waals surface area contributed by atoms with Crippen LogP contribution in [0.5, 0.6) is 0 Å². The molecule has 0 saturated carbocycles. The first kappa shape index (κ1) is 13.5. The van der Waals surface area contributed by atoms with Crippen molar-refractivity contribution in [2.45, 2.75) is 25.0 Å². The van der Waals surface area contributed by atoms with Crippen molar-refractivity contribution in [3.8, 4) is 0 Å². The summed E-state index contributed by atoms with van der Waals surface area (Å²) in [5.74, 6) is 0. The molecule has 0 aromatic carbocycles. The van der Waals surface area contributed by atoms with Crippen LogP contribution in [-0.2, 0) is 0 Å². The summed E-state index contributed by atoms with van der Waals surface area (Å²) in [6.07, 6.45) is 1.91. The summed E-state index contributed by atoms with van der Waals surface area (Å²) < 4.78 is 0. The van der Waals surface area contributed by atoms with Crippen molar-refractivity contribution in [2.24, 2.45) is 0 Å². The van der Waals surface area contributed by atoms with Gasteiger partial charge in [-0.1, -0.05) is 0 Å². The number of halogens is 2. The molecule has 0 aromatic rings. The van der Waals surface area contributed by atoms with Crippen LogP contribution in [0.3, 0.4) is 0 Å². The van der Waals surface area contributed by atoms with Gasteiger partial charge in [0.25, 0.3) is 0 Å². The first-order valence-corrected chi connectivity index (χ1v) is 4.49. The fourth-order valence-electron chi connectivity index (χ4n) is 1.78. The molecule has 0 atom stereocenters. The van der Waals surface area contributed by atoms with E-state index in [1.807, 2.05) is 0 Å². The van der Waals surface area contributed by atoms with Crippen LogP contribution in [0.25, 0.3) is 0 Å². The van der Waals surface area contributed by atoms with E-state index in [1.165, 1.54) is 0 Å². The molecule has 0 amide bonds. The van der Waals surface area contributed by atoms with E-state index in [1.54, 1.807) is 0 Å². The van der Waals surface area contributed by atoms with Gasteiger partial charge in [-0.15, -0.1) is 24.8 Å². The van der Waals surface area contributed by atoms with Crippen LogP contribution in [0.15, 0.2) is 0 Å². The number of hydrogen-bond donors (Lipinski definition) is 2. The second kappa shape index (κ2) is 6.04. The van der Waals surface area contributed by atoms with E-state index in [0.717, 1.165) is 45.1 Å². The molecule has 2 fully saturated rings. The van der Waals surface area contributed by atoms with Crippen LogP contribution < -0.4 is 5.32 Å². The van der Waals surface area contributed by atoms with Gasteiger partial charge in [0.1, 0.15) is 0 Å². The van der Waals surface area contributed by atoms with Crippen LogP contribution in [-0.4, -0.2) is 48.3 Å². The van der Waals surface area contributed by atoms with Crippen molar-refractivity contribution >= 4 is 24.8 Å². The van der Waals surface area contributed by atoms with E-state index >= 15 is 0 Å². The van der Waals surface area contributed by atoms with E-state index in [4.69, 9.17) is 0 Å². The molecule has 2 heterocycles. The minimum atomic E-state index is -0.0284. The number of aliphatic hydroxyl groups is 1. The van der Waals surface area contributed by atoms with Crippen LogP contribution >= 0.6 is 24.8 Å². The molecule has 2 N–H and O–H groups in total. The quantitative estimate of drug-likeness (QED) is 0.677. The Morgan fingerprint density at radius 1 is 1.08 bits per heavy atom. The van der Waals surface area contributed by atoms with Gasteiger partial charge >= 0.3 is 0 Å². The van der Waals surface area contributed by atoms with Crippen LogP contribution in [0.4, 0.5) is 0 Å². The monoisotopic (exact) mass is 228 g/mol. The third-order valence-corrected chi connectivity index (χ3v) is 2.78. The maximum Gasteiger partial charge on any atom is 0.0564 e. The van der Waals surface area contributed by atoms with E-state index in [-0.39, 0.29) is 30.9 Å². The lowest BCUT2D eigenvalue weighted by Gasteiger charge is -2.41. The third-order valence-electron chi connectivity index (χ3n) is 2.78. The molecule has 13 heavy (non-hydrogen) atoms. The third kappa shape index (κ3) is 3.26.